The van der Waals surface area contributed by atoms with E-state index in [-0.39, 0.29) is 16.5 Å². The molecule has 2 aromatic rings. The van der Waals surface area contributed by atoms with Crippen LogP contribution in [0.15, 0.2) is 18.3 Å². The first kappa shape index (κ1) is 10.4. The summed E-state index contributed by atoms with van der Waals surface area (Å²) in [7, 11) is 0. The van der Waals surface area contributed by atoms with E-state index >= 15 is 0 Å². The Kier molecular flexibility index (Phi) is 2.45. The molecule has 2 heterocycles. The Hall–Kier alpha value is -2.15. The van der Waals surface area contributed by atoms with Crippen molar-refractivity contribution in [2.24, 2.45) is 5.73 Å². The van der Waals surface area contributed by atoms with Gasteiger partial charge < -0.3 is 11.5 Å². The number of rotatable bonds is 2. The van der Waals surface area contributed by atoms with Gasteiger partial charge in [-0.2, -0.15) is 9.78 Å². The van der Waals surface area contributed by atoms with Crippen LogP contribution in [0.5, 0.6) is 0 Å². The first-order valence-electron chi connectivity index (χ1n) is 4.22. The number of primary amides is 1. The zero-order valence-corrected chi connectivity index (χ0v) is 8.72. The van der Waals surface area contributed by atoms with Crippen molar-refractivity contribution in [2.75, 3.05) is 5.73 Å². The molecule has 0 aliphatic carbocycles. The smallest absolute Gasteiger partial charge is 0.254 e. The van der Waals surface area contributed by atoms with Crippen molar-refractivity contribution >= 4 is 23.3 Å². The molecule has 0 unspecified atom stereocenters. The molecule has 1 amide bonds. The van der Waals surface area contributed by atoms with Crippen LogP contribution in [0, 0.1) is 0 Å². The monoisotopic (exact) mass is 238 g/mol. The molecule has 0 aromatic carbocycles. The van der Waals surface area contributed by atoms with Gasteiger partial charge in [0, 0.05) is 0 Å². The maximum Gasteiger partial charge on any atom is 0.254 e. The second kappa shape index (κ2) is 3.78. The third-order valence-corrected chi connectivity index (χ3v) is 2.11. The average Bonchev–Trinajstić information content (AvgIpc) is 2.61. The third-order valence-electron chi connectivity index (χ3n) is 1.91. The molecule has 2 aromatic heterocycles. The number of carbonyl (C=O) groups is 1. The van der Waals surface area contributed by atoms with Gasteiger partial charge in [-0.3, -0.25) is 4.79 Å². The van der Waals surface area contributed by atoms with E-state index in [1.807, 2.05) is 0 Å². The SMILES string of the molecule is NC(=O)c1cnn(-c2ccc(Cl)nn2)c1N. The number of nitrogens with two attached hydrogens (primary N) is 2. The second-order valence-corrected chi connectivity index (χ2v) is 3.32. The van der Waals surface area contributed by atoms with Gasteiger partial charge in [-0.05, 0) is 12.1 Å². The highest BCUT2D eigenvalue weighted by Crippen LogP contribution is 2.15. The van der Waals surface area contributed by atoms with Crippen LogP contribution in [-0.2, 0) is 0 Å². The zero-order valence-electron chi connectivity index (χ0n) is 7.96. The van der Waals surface area contributed by atoms with Gasteiger partial charge in [-0.1, -0.05) is 11.6 Å². The number of anilines is 1. The van der Waals surface area contributed by atoms with E-state index in [1.54, 1.807) is 6.07 Å². The quantitative estimate of drug-likeness (QED) is 0.764. The molecule has 0 saturated heterocycles. The number of nitrogens with zero attached hydrogens (tertiary/aromatic N) is 4. The summed E-state index contributed by atoms with van der Waals surface area (Å²) in [5.74, 6) is -0.177. The van der Waals surface area contributed by atoms with Crippen molar-refractivity contribution in [2.45, 2.75) is 0 Å². The van der Waals surface area contributed by atoms with Gasteiger partial charge in [0.1, 0.15) is 11.4 Å². The first-order chi connectivity index (χ1) is 7.59. The summed E-state index contributed by atoms with van der Waals surface area (Å²) < 4.78 is 1.25. The Morgan fingerprint density at radius 3 is 2.62 bits per heavy atom. The molecule has 0 aliphatic rings. The number of carbonyl (C=O) groups excluding carboxylic acids is 1. The molecule has 0 spiro atoms. The number of aromatic nitrogens is 4. The predicted octanol–water partition coefficient (Wildman–Crippen LogP) is -0.00320. The van der Waals surface area contributed by atoms with Crippen molar-refractivity contribution in [3.05, 3.63) is 29.0 Å². The first-order valence-corrected chi connectivity index (χ1v) is 4.60. The van der Waals surface area contributed by atoms with Crippen LogP contribution in [0.25, 0.3) is 5.82 Å². The Morgan fingerprint density at radius 2 is 2.12 bits per heavy atom. The summed E-state index contributed by atoms with van der Waals surface area (Å²) in [6.07, 6.45) is 1.27. The van der Waals surface area contributed by atoms with Crippen LogP contribution in [0.4, 0.5) is 5.82 Å². The highest BCUT2D eigenvalue weighted by molar-refractivity contribution is 6.29. The highest BCUT2D eigenvalue weighted by atomic mass is 35.5. The maximum absolute atomic E-state index is 11.0. The highest BCUT2D eigenvalue weighted by Gasteiger charge is 2.13. The molecule has 16 heavy (non-hydrogen) atoms. The van der Waals surface area contributed by atoms with E-state index in [9.17, 15) is 4.79 Å². The fourth-order valence-electron chi connectivity index (χ4n) is 1.15. The predicted molar refractivity (Wildman–Crippen MR) is 57.1 cm³/mol. The molecule has 0 radical (unpaired) electrons. The van der Waals surface area contributed by atoms with Crippen LogP contribution < -0.4 is 11.5 Å². The molecular formula is C8H7ClN6O. The summed E-state index contributed by atoms with van der Waals surface area (Å²) in [4.78, 5) is 11.0. The Morgan fingerprint density at radius 1 is 1.38 bits per heavy atom. The van der Waals surface area contributed by atoms with Crippen LogP contribution >= 0.6 is 11.6 Å². The van der Waals surface area contributed by atoms with E-state index in [1.165, 1.54) is 16.9 Å². The lowest BCUT2D eigenvalue weighted by Crippen LogP contribution is -2.13. The van der Waals surface area contributed by atoms with E-state index in [2.05, 4.69) is 15.3 Å². The van der Waals surface area contributed by atoms with Gasteiger partial charge in [0.15, 0.2) is 11.0 Å². The Bertz CT molecular complexity index is 534. The molecule has 82 valence electrons. The lowest BCUT2D eigenvalue weighted by Gasteiger charge is -2.01. The van der Waals surface area contributed by atoms with Crippen molar-refractivity contribution in [3.8, 4) is 5.82 Å². The molecular weight excluding hydrogens is 232 g/mol. The van der Waals surface area contributed by atoms with Crippen LogP contribution in [0.1, 0.15) is 10.4 Å². The number of hydrogen-bond donors (Lipinski definition) is 2. The largest absolute Gasteiger partial charge is 0.383 e. The summed E-state index contributed by atoms with van der Waals surface area (Å²) in [5, 5.41) is 11.5. The number of hydrogen-bond acceptors (Lipinski definition) is 5. The van der Waals surface area contributed by atoms with Gasteiger partial charge in [-0.25, -0.2) is 0 Å². The topological polar surface area (TPSA) is 113 Å². The zero-order chi connectivity index (χ0) is 11.7. The van der Waals surface area contributed by atoms with Crippen molar-refractivity contribution in [3.63, 3.8) is 0 Å². The Labute approximate surface area is 95.0 Å². The minimum Gasteiger partial charge on any atom is -0.383 e. The fraction of sp³-hybridized carbons (Fsp3) is 0. The lowest BCUT2D eigenvalue weighted by molar-refractivity contribution is 0.100. The lowest BCUT2D eigenvalue weighted by atomic mass is 10.3. The third kappa shape index (κ3) is 1.68. The van der Waals surface area contributed by atoms with Crippen molar-refractivity contribution in [1.82, 2.24) is 20.0 Å². The molecule has 2 rings (SSSR count). The van der Waals surface area contributed by atoms with Gasteiger partial charge in [-0.15, -0.1) is 10.2 Å². The van der Waals surface area contributed by atoms with Gasteiger partial charge in [0.05, 0.1) is 6.20 Å². The van der Waals surface area contributed by atoms with Gasteiger partial charge in [0.2, 0.25) is 0 Å². The minimum atomic E-state index is -0.648. The number of amides is 1. The summed E-state index contributed by atoms with van der Waals surface area (Å²) in [6, 6.07) is 3.11. The molecule has 4 N–H and O–H groups in total. The molecule has 0 saturated carbocycles. The molecule has 0 aliphatic heterocycles. The Balaban J connectivity index is 2.49. The van der Waals surface area contributed by atoms with E-state index < -0.39 is 5.91 Å². The summed E-state index contributed by atoms with van der Waals surface area (Å²) in [6.45, 7) is 0. The molecule has 0 atom stereocenters. The van der Waals surface area contributed by atoms with Gasteiger partial charge >= 0.3 is 0 Å². The number of halogens is 1. The standard InChI is InChI=1S/C8H7ClN6O/c9-5-1-2-6(14-13-5)15-7(10)4(3-12-15)8(11)16/h1-3H,10H2,(H2,11,16). The van der Waals surface area contributed by atoms with Crippen molar-refractivity contribution < 1.29 is 4.79 Å². The van der Waals surface area contributed by atoms with E-state index in [0.717, 1.165) is 0 Å². The minimum absolute atomic E-state index is 0.115. The molecule has 8 heteroatoms. The molecule has 0 fully saturated rings. The summed E-state index contributed by atoms with van der Waals surface area (Å²) in [5.41, 5.74) is 10.9. The van der Waals surface area contributed by atoms with Crippen LogP contribution in [0.3, 0.4) is 0 Å². The molecule has 0 bridgehead atoms. The number of nitrogen functional groups attached to an aromatic ring is 1. The molecule has 7 nitrogen and oxygen atoms in total. The second-order valence-electron chi connectivity index (χ2n) is 2.93. The maximum atomic E-state index is 11.0. The fourth-order valence-corrected chi connectivity index (χ4v) is 1.25. The normalized spacial score (nSPS) is 10.3. The average molecular weight is 239 g/mol. The van der Waals surface area contributed by atoms with E-state index in [4.69, 9.17) is 23.1 Å². The van der Waals surface area contributed by atoms with Crippen LogP contribution in [0.2, 0.25) is 5.15 Å². The summed E-state index contributed by atoms with van der Waals surface area (Å²) >= 11 is 5.59. The van der Waals surface area contributed by atoms with Gasteiger partial charge in [0.25, 0.3) is 5.91 Å². The van der Waals surface area contributed by atoms with E-state index in [0.29, 0.717) is 5.82 Å². The van der Waals surface area contributed by atoms with Crippen molar-refractivity contribution in [1.29, 1.82) is 0 Å². The van der Waals surface area contributed by atoms with Crippen LogP contribution in [-0.4, -0.2) is 25.9 Å².